The highest BCUT2D eigenvalue weighted by Gasteiger charge is 2.54. The molecule has 11 rings (SSSR count). The molecule has 0 saturated carbocycles. The SMILES string of the molecule is COc1c(-c2ccc3c(c2)OC(c2ccccc2)(c2ccccc2)O3)oc2cc(O[C@@H]3OC(COC(=O)c4ccccc4)[C@@H](OC(=O)c4ccccc4)C(OC(=O)c4ccccc4)[C@@H]3OC(=O)c3ccccc3)cc(OC)c2c1=O. The molecule has 400 valence electrons. The highest BCUT2D eigenvalue weighted by atomic mass is 16.7. The minimum atomic E-state index is -1.77. The molecule has 0 radical (unpaired) electrons. The van der Waals surface area contributed by atoms with Gasteiger partial charge in [-0.15, -0.1) is 0 Å². The molecule has 16 nitrogen and oxygen atoms in total. The Hall–Kier alpha value is -10.2. The Morgan fingerprint density at radius 2 is 0.975 bits per heavy atom. The smallest absolute Gasteiger partial charge is 0.338 e. The summed E-state index contributed by atoms with van der Waals surface area (Å²) in [6.07, 6.45) is -8.37. The first-order chi connectivity index (χ1) is 39.1. The topological polar surface area (TPSA) is 191 Å². The van der Waals surface area contributed by atoms with Gasteiger partial charge in [0.1, 0.15) is 35.2 Å². The molecule has 2 aliphatic rings. The van der Waals surface area contributed by atoms with Gasteiger partial charge in [-0.05, 0) is 66.7 Å². The molecule has 16 heteroatoms. The summed E-state index contributed by atoms with van der Waals surface area (Å²) < 4.78 is 69.4. The van der Waals surface area contributed by atoms with Crippen LogP contribution in [0.2, 0.25) is 0 Å². The summed E-state index contributed by atoms with van der Waals surface area (Å²) >= 11 is 0. The van der Waals surface area contributed by atoms with Crippen molar-refractivity contribution in [3.05, 3.63) is 256 Å². The fourth-order valence-corrected chi connectivity index (χ4v) is 9.47. The van der Waals surface area contributed by atoms with Crippen LogP contribution < -0.4 is 29.1 Å². The van der Waals surface area contributed by atoms with Gasteiger partial charge in [0.2, 0.25) is 23.6 Å². The molecule has 1 fully saturated rings. The monoisotopic (exact) mass is 1070 g/mol. The van der Waals surface area contributed by atoms with Crippen LogP contribution in [-0.4, -0.2) is 75.4 Å². The molecule has 2 unspecified atom stereocenters. The van der Waals surface area contributed by atoms with Crippen molar-refractivity contribution in [1.82, 2.24) is 0 Å². The number of methoxy groups -OCH3 is 2. The number of esters is 4. The second kappa shape index (κ2) is 22.8. The van der Waals surface area contributed by atoms with E-state index in [1.165, 1.54) is 62.8 Å². The third kappa shape index (κ3) is 10.5. The zero-order valence-electron chi connectivity index (χ0n) is 42.8. The lowest BCUT2D eigenvalue weighted by atomic mass is 9.97. The van der Waals surface area contributed by atoms with Gasteiger partial charge in [-0.25, -0.2) is 19.2 Å². The van der Waals surface area contributed by atoms with E-state index in [0.29, 0.717) is 17.1 Å². The fourth-order valence-electron chi connectivity index (χ4n) is 9.47. The number of benzene rings is 8. The predicted octanol–water partition coefficient (Wildman–Crippen LogP) is 10.8. The summed E-state index contributed by atoms with van der Waals surface area (Å²) in [5, 5.41) is -0.0294. The number of fused-ring (bicyclic) bond motifs is 2. The van der Waals surface area contributed by atoms with Crippen molar-refractivity contribution in [1.29, 1.82) is 0 Å². The largest absolute Gasteiger partial charge is 0.496 e. The van der Waals surface area contributed by atoms with Crippen molar-refractivity contribution in [3.8, 4) is 40.1 Å². The number of rotatable bonds is 16. The summed E-state index contributed by atoms with van der Waals surface area (Å²) in [7, 11) is 2.68. The first-order valence-electron chi connectivity index (χ1n) is 25.3. The molecular weight excluding hydrogens is 1020 g/mol. The molecule has 0 N–H and O–H groups in total. The molecule has 0 bridgehead atoms. The quantitative estimate of drug-likeness (QED) is 0.0655. The Bertz CT molecular complexity index is 3710. The van der Waals surface area contributed by atoms with Crippen molar-refractivity contribution >= 4 is 34.8 Å². The maximum atomic E-state index is 14.6. The van der Waals surface area contributed by atoms with E-state index in [4.69, 9.17) is 51.8 Å². The first-order valence-corrected chi connectivity index (χ1v) is 25.3. The van der Waals surface area contributed by atoms with E-state index in [2.05, 4.69) is 0 Å². The third-order valence-electron chi connectivity index (χ3n) is 13.3. The molecular formula is C64H48O16. The van der Waals surface area contributed by atoms with E-state index in [-0.39, 0.29) is 56.2 Å². The normalized spacial score (nSPS) is 17.8. The maximum absolute atomic E-state index is 14.6. The van der Waals surface area contributed by atoms with Crippen LogP contribution in [0.3, 0.4) is 0 Å². The van der Waals surface area contributed by atoms with Crippen LogP contribution in [0, 0.1) is 0 Å². The van der Waals surface area contributed by atoms with E-state index >= 15 is 0 Å². The third-order valence-corrected chi connectivity index (χ3v) is 13.3. The molecule has 8 aromatic carbocycles. The van der Waals surface area contributed by atoms with Crippen LogP contribution in [0.15, 0.2) is 222 Å². The summed E-state index contributed by atoms with van der Waals surface area (Å²) in [6.45, 7) is -0.606. The van der Waals surface area contributed by atoms with Crippen molar-refractivity contribution in [2.45, 2.75) is 36.5 Å². The van der Waals surface area contributed by atoms with Gasteiger partial charge in [0.25, 0.3) is 0 Å². The lowest BCUT2D eigenvalue weighted by Gasteiger charge is -2.44. The van der Waals surface area contributed by atoms with Gasteiger partial charge in [-0.3, -0.25) is 4.79 Å². The number of hydrogen-bond donors (Lipinski definition) is 0. The number of carbonyl (C=O) groups excluding carboxylic acids is 4. The van der Waals surface area contributed by atoms with Gasteiger partial charge >= 0.3 is 29.7 Å². The standard InChI is InChI=1S/C64H48O16/c1-70-49-36-46(37-50-52(49)53(65)56(71-2)54(74-50)43-33-34-47-48(35-43)80-64(79-47,44-29-17-7-18-30-44)45-31-19-8-20-32-45)73-63-58(78-62(69)42-27-15-6-16-28-42)57(77-61(68)41-25-13-5-14-26-41)55(76-60(67)40-23-11-4-12-24-40)51(75-63)38-72-59(66)39-21-9-3-10-22-39/h3-37,51,55,57-58,63H,38H2,1-2H3/t51?,55-,57?,58+,63-/m1/s1. The van der Waals surface area contributed by atoms with E-state index in [9.17, 15) is 24.0 Å². The van der Waals surface area contributed by atoms with Crippen LogP contribution in [0.25, 0.3) is 22.3 Å². The molecule has 1 saturated heterocycles. The van der Waals surface area contributed by atoms with E-state index in [0.717, 1.165) is 11.1 Å². The minimum absolute atomic E-state index is 0.00682. The number of hydrogen-bond acceptors (Lipinski definition) is 16. The number of carbonyl (C=O) groups is 4. The highest BCUT2D eigenvalue weighted by molar-refractivity contribution is 5.92. The van der Waals surface area contributed by atoms with Crippen LogP contribution in [0.1, 0.15) is 52.6 Å². The van der Waals surface area contributed by atoms with Crippen LogP contribution >= 0.6 is 0 Å². The van der Waals surface area contributed by atoms with Gasteiger partial charge in [0.15, 0.2) is 29.5 Å². The summed E-state index contributed by atoms with van der Waals surface area (Å²) in [6, 6.07) is 58.9. The molecule has 0 aliphatic carbocycles. The van der Waals surface area contributed by atoms with Gasteiger partial charge < -0.3 is 51.8 Å². The molecule has 0 spiro atoms. The lowest BCUT2D eigenvalue weighted by molar-refractivity contribution is -0.275. The van der Waals surface area contributed by atoms with Crippen molar-refractivity contribution in [3.63, 3.8) is 0 Å². The first kappa shape index (κ1) is 51.9. The molecule has 3 heterocycles. The van der Waals surface area contributed by atoms with Gasteiger partial charge in [-0.1, -0.05) is 133 Å². The highest BCUT2D eigenvalue weighted by Crippen LogP contribution is 2.50. The van der Waals surface area contributed by atoms with Crippen molar-refractivity contribution in [2.24, 2.45) is 0 Å². The zero-order valence-corrected chi connectivity index (χ0v) is 42.8. The summed E-state index contributed by atoms with van der Waals surface area (Å²) in [5.74, 6) is -4.26. The van der Waals surface area contributed by atoms with Crippen LogP contribution in [0.5, 0.6) is 28.7 Å². The van der Waals surface area contributed by atoms with E-state index in [1.807, 2.05) is 60.7 Å². The second-order valence-electron chi connectivity index (χ2n) is 18.3. The predicted molar refractivity (Wildman–Crippen MR) is 289 cm³/mol. The average molecular weight is 1070 g/mol. The fraction of sp³-hybridized carbons (Fsp3) is 0.141. The molecule has 5 atom stereocenters. The van der Waals surface area contributed by atoms with Gasteiger partial charge in [0, 0.05) is 28.8 Å². The lowest BCUT2D eigenvalue weighted by Crippen LogP contribution is -2.63. The van der Waals surface area contributed by atoms with Gasteiger partial charge in [-0.2, -0.15) is 0 Å². The molecule has 9 aromatic rings. The van der Waals surface area contributed by atoms with E-state index < -0.39 is 72.4 Å². The average Bonchev–Trinajstić information content (AvgIpc) is 3.98. The zero-order chi connectivity index (χ0) is 55.2. The molecule has 0 amide bonds. The van der Waals surface area contributed by atoms with Crippen LogP contribution in [-0.2, 0) is 29.5 Å². The Labute approximate surface area is 457 Å². The maximum Gasteiger partial charge on any atom is 0.338 e. The number of ether oxygens (including phenoxy) is 10. The Balaban J connectivity index is 1.01. The van der Waals surface area contributed by atoms with E-state index in [1.54, 1.807) is 103 Å². The Morgan fingerprint density at radius 3 is 1.49 bits per heavy atom. The van der Waals surface area contributed by atoms with Gasteiger partial charge in [0.05, 0.1) is 36.5 Å². The Kier molecular flexibility index (Phi) is 14.8. The summed E-state index contributed by atoms with van der Waals surface area (Å²) in [4.78, 5) is 70.9. The molecule has 2 aliphatic heterocycles. The minimum Gasteiger partial charge on any atom is -0.496 e. The Morgan fingerprint density at radius 1 is 0.500 bits per heavy atom. The second-order valence-corrected chi connectivity index (χ2v) is 18.3. The summed E-state index contributed by atoms with van der Waals surface area (Å²) in [5.41, 5.74) is 1.71. The van der Waals surface area contributed by atoms with Crippen molar-refractivity contribution < 1.29 is 71.0 Å². The molecule has 1 aromatic heterocycles. The van der Waals surface area contributed by atoms with Crippen LogP contribution in [0.4, 0.5) is 0 Å². The molecule has 80 heavy (non-hydrogen) atoms. The van der Waals surface area contributed by atoms with Crippen molar-refractivity contribution in [2.75, 3.05) is 20.8 Å².